The number of nitrogens with zero attached hydrogens (tertiary/aromatic N) is 5. The van der Waals surface area contributed by atoms with Gasteiger partial charge in [0.15, 0.2) is 11.6 Å². The lowest BCUT2D eigenvalue weighted by Gasteiger charge is -2.19. The summed E-state index contributed by atoms with van der Waals surface area (Å²) in [5.74, 6) is 0.0819. The smallest absolute Gasteiger partial charge is 0.328 e. The summed E-state index contributed by atoms with van der Waals surface area (Å²) in [5, 5.41) is 9.60. The van der Waals surface area contributed by atoms with E-state index in [1.165, 1.54) is 11.6 Å². The number of benzene rings is 1. The Morgan fingerprint density at radius 2 is 1.91 bits per heavy atom. The molecule has 0 bridgehead atoms. The molecule has 0 fully saturated rings. The number of aliphatic imine (C=N–C) groups is 1. The first kappa shape index (κ1) is 23.1. The Balaban J connectivity index is 2.02. The van der Waals surface area contributed by atoms with Gasteiger partial charge in [0.05, 0.1) is 11.2 Å². The maximum atomic E-state index is 12.3. The second-order valence-corrected chi connectivity index (χ2v) is 8.64. The minimum Gasteiger partial charge on any atom is -0.459 e. The lowest BCUT2D eigenvalue weighted by atomic mass is 10.0. The van der Waals surface area contributed by atoms with Crippen molar-refractivity contribution in [2.75, 3.05) is 0 Å². The lowest BCUT2D eigenvalue weighted by molar-refractivity contribution is -0.155. The standard InChI is InChI=1S/C24H29N5O3/c1-8-18-12-21(25-7)29(26-18)13-15(2)17-9-10-20-19(11-17)23(16(3)30)27-28(20)14-22(31)32-24(4,5)6/h9-13H,7-8,14H2,1-6H3/b15-13+. The normalized spacial score (nSPS) is 12.2. The Morgan fingerprint density at radius 1 is 1.19 bits per heavy atom. The number of Topliss-reactive ketones (excluding diaryl/α,β-unsaturated/α-hetero) is 1. The molecular weight excluding hydrogens is 406 g/mol. The molecule has 3 rings (SSSR count). The van der Waals surface area contributed by atoms with E-state index in [9.17, 15) is 9.59 Å². The minimum absolute atomic E-state index is 0.0728. The summed E-state index contributed by atoms with van der Waals surface area (Å²) < 4.78 is 8.62. The predicted molar refractivity (Wildman–Crippen MR) is 126 cm³/mol. The van der Waals surface area contributed by atoms with Gasteiger partial charge in [0.25, 0.3) is 0 Å². The Labute approximate surface area is 187 Å². The molecule has 0 saturated carbocycles. The molecule has 8 heteroatoms. The van der Waals surface area contributed by atoms with Crippen molar-refractivity contribution in [1.82, 2.24) is 19.6 Å². The Bertz CT molecular complexity index is 1220. The van der Waals surface area contributed by atoms with Gasteiger partial charge in [-0.25, -0.2) is 9.67 Å². The first-order chi connectivity index (χ1) is 15.0. The molecule has 2 heterocycles. The predicted octanol–water partition coefficient (Wildman–Crippen LogP) is 4.69. The topological polar surface area (TPSA) is 91.4 Å². The van der Waals surface area contributed by atoms with Crippen LogP contribution in [0.15, 0.2) is 29.3 Å². The molecule has 0 atom stereocenters. The van der Waals surface area contributed by atoms with Crippen LogP contribution in [0.4, 0.5) is 5.82 Å². The van der Waals surface area contributed by atoms with Crippen LogP contribution in [-0.4, -0.2) is 43.6 Å². The zero-order valence-electron chi connectivity index (χ0n) is 19.5. The molecule has 0 aliphatic heterocycles. The van der Waals surface area contributed by atoms with Gasteiger partial charge in [-0.3, -0.25) is 14.3 Å². The quantitative estimate of drug-likeness (QED) is 0.305. The van der Waals surface area contributed by atoms with Gasteiger partial charge in [0, 0.05) is 24.6 Å². The van der Waals surface area contributed by atoms with Crippen molar-refractivity contribution in [1.29, 1.82) is 0 Å². The van der Waals surface area contributed by atoms with Crippen LogP contribution in [0.2, 0.25) is 0 Å². The largest absolute Gasteiger partial charge is 0.459 e. The van der Waals surface area contributed by atoms with Crippen molar-refractivity contribution in [2.24, 2.45) is 4.99 Å². The number of ketones is 1. The highest BCUT2D eigenvalue weighted by Crippen LogP contribution is 2.26. The molecule has 0 unspecified atom stereocenters. The van der Waals surface area contributed by atoms with Gasteiger partial charge >= 0.3 is 5.97 Å². The van der Waals surface area contributed by atoms with Crippen LogP contribution >= 0.6 is 0 Å². The fraction of sp³-hybridized carbons (Fsp3) is 0.375. The fourth-order valence-corrected chi connectivity index (χ4v) is 3.38. The monoisotopic (exact) mass is 435 g/mol. The van der Waals surface area contributed by atoms with Crippen molar-refractivity contribution in [3.05, 3.63) is 41.2 Å². The van der Waals surface area contributed by atoms with Gasteiger partial charge in [0.1, 0.15) is 17.8 Å². The number of allylic oxidation sites excluding steroid dienone is 1. The average molecular weight is 436 g/mol. The SMILES string of the molecule is C=Nc1cc(CC)nn1/C=C(\C)c1ccc2c(c1)c(C(C)=O)nn2CC(=O)OC(C)(C)C. The van der Waals surface area contributed by atoms with Crippen LogP contribution in [0.5, 0.6) is 0 Å². The van der Waals surface area contributed by atoms with Crippen molar-refractivity contribution >= 4 is 47.0 Å². The van der Waals surface area contributed by atoms with E-state index in [1.807, 2.05) is 65.1 Å². The number of carbonyl (C=O) groups excluding carboxylic acids is 2. The minimum atomic E-state index is -0.595. The molecule has 32 heavy (non-hydrogen) atoms. The highest BCUT2D eigenvalue weighted by molar-refractivity contribution is 6.05. The van der Waals surface area contributed by atoms with Crippen LogP contribution in [0.1, 0.15) is 63.3 Å². The second kappa shape index (κ2) is 8.90. The molecule has 0 N–H and O–H groups in total. The Hall–Kier alpha value is -3.55. The van der Waals surface area contributed by atoms with Crippen molar-refractivity contribution < 1.29 is 14.3 Å². The summed E-state index contributed by atoms with van der Waals surface area (Å²) in [6.07, 6.45) is 2.68. The maximum absolute atomic E-state index is 12.3. The molecule has 3 aromatic rings. The molecule has 8 nitrogen and oxygen atoms in total. The van der Waals surface area contributed by atoms with Crippen molar-refractivity contribution in [3.8, 4) is 0 Å². The van der Waals surface area contributed by atoms with Crippen LogP contribution in [0.25, 0.3) is 22.7 Å². The van der Waals surface area contributed by atoms with Gasteiger partial charge in [0.2, 0.25) is 0 Å². The average Bonchev–Trinajstić information content (AvgIpc) is 3.27. The molecule has 0 amide bonds. The Morgan fingerprint density at radius 3 is 2.50 bits per heavy atom. The summed E-state index contributed by atoms with van der Waals surface area (Å²) in [7, 11) is 0. The number of aryl methyl sites for hydroxylation is 1. The number of rotatable bonds is 7. The number of ether oxygens (including phenoxy) is 1. The van der Waals surface area contributed by atoms with Crippen molar-refractivity contribution in [2.45, 2.75) is 60.1 Å². The molecule has 2 aromatic heterocycles. The third-order valence-electron chi connectivity index (χ3n) is 4.84. The first-order valence-electron chi connectivity index (χ1n) is 10.5. The summed E-state index contributed by atoms with van der Waals surface area (Å²) in [6.45, 7) is 14.4. The maximum Gasteiger partial charge on any atom is 0.328 e. The Kier molecular flexibility index (Phi) is 6.43. The highest BCUT2D eigenvalue weighted by Gasteiger charge is 2.20. The van der Waals surface area contributed by atoms with Crippen LogP contribution < -0.4 is 0 Å². The van der Waals surface area contributed by atoms with E-state index in [4.69, 9.17) is 4.74 Å². The van der Waals surface area contributed by atoms with Crippen molar-refractivity contribution in [3.63, 3.8) is 0 Å². The number of hydrogen-bond donors (Lipinski definition) is 0. The number of aromatic nitrogens is 4. The summed E-state index contributed by atoms with van der Waals surface area (Å²) in [4.78, 5) is 28.6. The van der Waals surface area contributed by atoms with E-state index >= 15 is 0 Å². The summed E-state index contributed by atoms with van der Waals surface area (Å²) in [5.41, 5.74) is 3.17. The third-order valence-corrected chi connectivity index (χ3v) is 4.84. The molecule has 0 aliphatic rings. The first-order valence-corrected chi connectivity index (χ1v) is 10.5. The molecule has 0 spiro atoms. The van der Waals surface area contributed by atoms with E-state index in [0.717, 1.165) is 23.3 Å². The van der Waals surface area contributed by atoms with E-state index in [2.05, 4.69) is 21.9 Å². The second-order valence-electron chi connectivity index (χ2n) is 8.64. The molecule has 1 aromatic carbocycles. The molecule has 0 radical (unpaired) electrons. The summed E-state index contributed by atoms with van der Waals surface area (Å²) >= 11 is 0. The number of esters is 1. The zero-order chi connectivity index (χ0) is 23.6. The number of hydrogen-bond acceptors (Lipinski definition) is 6. The number of carbonyl (C=O) groups is 2. The molecular formula is C24H29N5O3. The molecule has 0 aliphatic carbocycles. The van der Waals surface area contributed by atoms with E-state index in [0.29, 0.717) is 22.4 Å². The van der Waals surface area contributed by atoms with E-state index in [-0.39, 0.29) is 12.3 Å². The lowest BCUT2D eigenvalue weighted by Crippen LogP contribution is -2.26. The van der Waals surface area contributed by atoms with Gasteiger partial charge in [-0.15, -0.1) is 0 Å². The van der Waals surface area contributed by atoms with Crippen LogP contribution in [0, 0.1) is 0 Å². The third kappa shape index (κ3) is 5.01. The van der Waals surface area contributed by atoms with E-state index < -0.39 is 11.6 Å². The fourth-order valence-electron chi connectivity index (χ4n) is 3.38. The van der Waals surface area contributed by atoms with Gasteiger partial charge in [-0.05, 0) is 64.1 Å². The van der Waals surface area contributed by atoms with E-state index in [1.54, 1.807) is 4.68 Å². The van der Waals surface area contributed by atoms with Crippen LogP contribution in [-0.2, 0) is 22.5 Å². The molecule has 0 saturated heterocycles. The zero-order valence-corrected chi connectivity index (χ0v) is 19.5. The summed E-state index contributed by atoms with van der Waals surface area (Å²) in [6, 6.07) is 7.59. The van der Waals surface area contributed by atoms with Gasteiger partial charge in [-0.2, -0.15) is 10.2 Å². The molecule has 168 valence electrons. The van der Waals surface area contributed by atoms with Crippen LogP contribution in [0.3, 0.4) is 0 Å². The van der Waals surface area contributed by atoms with Gasteiger partial charge < -0.3 is 4.74 Å². The highest BCUT2D eigenvalue weighted by atomic mass is 16.6. The van der Waals surface area contributed by atoms with Gasteiger partial charge in [-0.1, -0.05) is 13.0 Å². The number of fused-ring (bicyclic) bond motifs is 1.